The third kappa shape index (κ3) is 3.64. The first kappa shape index (κ1) is 20.2. The Kier molecular flexibility index (Phi) is 5.07. The number of ether oxygens (including phenoxy) is 1. The van der Waals surface area contributed by atoms with E-state index in [0.29, 0.717) is 30.8 Å². The van der Waals surface area contributed by atoms with Gasteiger partial charge in [0.2, 0.25) is 0 Å². The van der Waals surface area contributed by atoms with Gasteiger partial charge >= 0.3 is 6.03 Å². The normalized spacial score (nSPS) is 21.1. The van der Waals surface area contributed by atoms with Gasteiger partial charge in [0, 0.05) is 6.42 Å². The Labute approximate surface area is 183 Å². The molecule has 1 saturated heterocycles. The van der Waals surface area contributed by atoms with Crippen molar-refractivity contribution < 1.29 is 19.1 Å². The summed E-state index contributed by atoms with van der Waals surface area (Å²) in [5.74, 6) is 0. The predicted octanol–water partition coefficient (Wildman–Crippen LogP) is 2.91. The van der Waals surface area contributed by atoms with Crippen LogP contribution in [-0.2, 0) is 11.2 Å². The van der Waals surface area contributed by atoms with Crippen molar-refractivity contribution in [2.45, 2.75) is 45.3 Å². The molecule has 2 bridgehead atoms. The highest BCUT2D eigenvalue weighted by Crippen LogP contribution is 2.43. The number of fused-ring (bicyclic) bond motifs is 5. The van der Waals surface area contributed by atoms with Gasteiger partial charge in [-0.3, -0.25) is 5.32 Å². The predicted molar refractivity (Wildman–Crippen MR) is 118 cm³/mol. The smallest absolute Gasteiger partial charge is 0.321 e. The van der Waals surface area contributed by atoms with Crippen molar-refractivity contribution in [3.63, 3.8) is 0 Å². The van der Waals surface area contributed by atoms with Gasteiger partial charge in [-0.05, 0) is 44.0 Å². The van der Waals surface area contributed by atoms with Gasteiger partial charge in [-0.25, -0.2) is 9.78 Å². The largest absolute Gasteiger partial charge is 0.423 e. The summed E-state index contributed by atoms with van der Waals surface area (Å²) in [5, 5.41) is 15.1. The maximum Gasteiger partial charge on any atom is 0.321 e. The lowest BCUT2D eigenvalue weighted by atomic mass is 9.97. The lowest BCUT2D eigenvalue weighted by molar-refractivity contribution is 0.0579. The highest BCUT2D eigenvalue weighted by atomic mass is 32.1. The third-order valence-corrected chi connectivity index (χ3v) is 6.97. The minimum Gasteiger partial charge on any atom is -0.423 e. The summed E-state index contributed by atoms with van der Waals surface area (Å²) in [4.78, 5) is 24.8. The van der Waals surface area contributed by atoms with Crippen molar-refractivity contribution in [1.29, 1.82) is 0 Å². The number of nitrogens with one attached hydrogen (secondary N) is 2. The lowest BCUT2D eigenvalue weighted by Crippen LogP contribution is -2.51. The second kappa shape index (κ2) is 7.77. The van der Waals surface area contributed by atoms with Crippen molar-refractivity contribution in [1.82, 2.24) is 15.3 Å². The second-order valence-corrected chi connectivity index (χ2v) is 9.26. The van der Waals surface area contributed by atoms with Gasteiger partial charge in [0.15, 0.2) is 10.7 Å². The van der Waals surface area contributed by atoms with Crippen LogP contribution >= 0.6 is 11.3 Å². The van der Waals surface area contributed by atoms with Crippen molar-refractivity contribution in [2.75, 3.05) is 30.0 Å². The van der Waals surface area contributed by atoms with Crippen LogP contribution < -0.4 is 15.5 Å². The number of carbonyl (C=O) groups excluding carboxylic acids is 1. The van der Waals surface area contributed by atoms with E-state index in [1.807, 2.05) is 6.07 Å². The van der Waals surface area contributed by atoms with E-state index in [4.69, 9.17) is 19.2 Å². The number of hydrogen-bond donors (Lipinski definition) is 3. The molecular weight excluding hydrogens is 418 g/mol. The molecular formula is C21H25N5O4S. The van der Waals surface area contributed by atoms with Gasteiger partial charge in [0.1, 0.15) is 5.52 Å². The van der Waals surface area contributed by atoms with Crippen LogP contribution in [0.2, 0.25) is 0 Å². The maximum atomic E-state index is 12.1. The molecule has 2 aliphatic heterocycles. The van der Waals surface area contributed by atoms with Crippen LogP contribution in [0.1, 0.15) is 34.7 Å². The third-order valence-electron chi connectivity index (χ3n) is 5.86. The van der Waals surface area contributed by atoms with Gasteiger partial charge in [-0.1, -0.05) is 11.3 Å². The number of benzene rings is 1. The van der Waals surface area contributed by atoms with Gasteiger partial charge < -0.3 is 24.5 Å². The number of aliphatic hydroxyl groups is 1. The van der Waals surface area contributed by atoms with E-state index in [0.717, 1.165) is 21.7 Å². The van der Waals surface area contributed by atoms with Crippen molar-refractivity contribution >= 4 is 39.6 Å². The minimum absolute atomic E-state index is 0.0646. The minimum atomic E-state index is -0.381. The van der Waals surface area contributed by atoms with Crippen molar-refractivity contribution in [2.24, 2.45) is 0 Å². The van der Waals surface area contributed by atoms with E-state index < -0.39 is 0 Å². The summed E-state index contributed by atoms with van der Waals surface area (Å²) in [7, 11) is 0. The lowest BCUT2D eigenvalue weighted by Gasteiger charge is -2.43. The highest BCUT2D eigenvalue weighted by molar-refractivity contribution is 7.16. The average molecular weight is 444 g/mol. The molecule has 5 rings (SSSR count). The van der Waals surface area contributed by atoms with Crippen LogP contribution in [0.3, 0.4) is 0 Å². The topological polar surface area (TPSA) is 113 Å². The number of aliphatic hydroxyl groups excluding tert-OH is 1. The molecule has 0 aliphatic carbocycles. The molecule has 2 aromatic heterocycles. The van der Waals surface area contributed by atoms with Gasteiger partial charge in [-0.15, -0.1) is 0 Å². The molecule has 1 aromatic carbocycles. The number of oxazole rings is 1. The van der Waals surface area contributed by atoms with E-state index >= 15 is 0 Å². The molecule has 3 N–H and O–H groups in total. The number of nitrogens with zero attached hydrogens (tertiary/aromatic N) is 3. The Morgan fingerprint density at radius 3 is 2.94 bits per heavy atom. The molecule has 9 nitrogen and oxygen atoms in total. The molecule has 0 saturated carbocycles. The van der Waals surface area contributed by atoms with E-state index in [1.165, 1.54) is 22.5 Å². The molecule has 1 fully saturated rings. The fraction of sp³-hybridized carbons (Fsp3) is 0.476. The number of thiazole rings is 1. The van der Waals surface area contributed by atoms with Gasteiger partial charge in [0.25, 0.3) is 6.01 Å². The number of carbonyl (C=O) groups is 1. The number of aromatic nitrogens is 2. The average Bonchev–Trinajstić information content (AvgIpc) is 3.31. The number of amides is 2. The van der Waals surface area contributed by atoms with E-state index in [-0.39, 0.29) is 30.8 Å². The molecule has 2 aliphatic rings. The van der Waals surface area contributed by atoms with E-state index in [2.05, 4.69) is 40.4 Å². The van der Waals surface area contributed by atoms with Crippen LogP contribution in [0, 0.1) is 13.8 Å². The standard InChI is InChI=1S/C21H25N5O4S/c1-10-4-14-17(5-11(10)2)30-21(24-14)26-13-6-15-18(16(26)9-29-8-13)31-20(23-15)25-19(28)22-12(3)7-27/h4-5,12-13,16,27H,6-9H2,1-3H3,(H2,22,23,25,28)/t12-,13+,16+/m1/s1. The quantitative estimate of drug-likeness (QED) is 0.568. The van der Waals surface area contributed by atoms with Gasteiger partial charge in [0.05, 0.1) is 48.5 Å². The molecule has 0 spiro atoms. The zero-order valence-electron chi connectivity index (χ0n) is 17.6. The molecule has 10 heteroatoms. The molecule has 2 amide bonds. The van der Waals surface area contributed by atoms with Crippen molar-refractivity contribution in [3.8, 4) is 0 Å². The summed E-state index contributed by atoms with van der Waals surface area (Å²) in [5.41, 5.74) is 4.97. The number of aryl methyl sites for hydroxylation is 2. The Balaban J connectivity index is 1.44. The first-order chi connectivity index (χ1) is 14.9. The first-order valence-corrected chi connectivity index (χ1v) is 11.2. The molecule has 3 aromatic rings. The number of urea groups is 1. The van der Waals surface area contributed by atoms with Crippen molar-refractivity contribution in [3.05, 3.63) is 33.8 Å². The zero-order valence-corrected chi connectivity index (χ0v) is 18.5. The molecule has 164 valence electrons. The SMILES string of the molecule is Cc1cc2nc(N3[C@@H]4COC[C@H]3c3sc(NC(=O)N[C@H](C)CO)nc3C4)oc2cc1C. The summed E-state index contributed by atoms with van der Waals surface area (Å²) in [6.07, 6.45) is 0.690. The monoisotopic (exact) mass is 443 g/mol. The van der Waals surface area contributed by atoms with Crippen LogP contribution in [0.5, 0.6) is 0 Å². The Morgan fingerprint density at radius 2 is 2.13 bits per heavy atom. The number of hydrogen-bond acceptors (Lipinski definition) is 8. The molecule has 31 heavy (non-hydrogen) atoms. The van der Waals surface area contributed by atoms with Gasteiger partial charge in [-0.2, -0.15) is 4.98 Å². The maximum absolute atomic E-state index is 12.1. The number of anilines is 2. The fourth-order valence-electron chi connectivity index (χ4n) is 4.11. The zero-order chi connectivity index (χ0) is 21.7. The first-order valence-electron chi connectivity index (χ1n) is 10.3. The van der Waals surface area contributed by atoms with Crippen LogP contribution in [0.25, 0.3) is 11.1 Å². The fourth-order valence-corrected chi connectivity index (χ4v) is 5.18. The highest BCUT2D eigenvalue weighted by Gasteiger charge is 2.42. The summed E-state index contributed by atoms with van der Waals surface area (Å²) in [6, 6.07) is 3.98. The summed E-state index contributed by atoms with van der Waals surface area (Å²) < 4.78 is 12.0. The van der Waals surface area contributed by atoms with E-state index in [9.17, 15) is 4.79 Å². The second-order valence-electron chi connectivity index (χ2n) is 8.23. The van der Waals surface area contributed by atoms with Crippen LogP contribution in [0.4, 0.5) is 15.9 Å². The Morgan fingerprint density at radius 1 is 1.32 bits per heavy atom. The van der Waals surface area contributed by atoms with E-state index in [1.54, 1.807) is 6.92 Å². The molecule has 0 unspecified atom stereocenters. The van der Waals surface area contributed by atoms with Crippen LogP contribution in [-0.4, -0.2) is 53.0 Å². The summed E-state index contributed by atoms with van der Waals surface area (Å²) in [6.45, 7) is 6.82. The number of rotatable bonds is 4. The molecule has 0 radical (unpaired) electrons. The Hall–Kier alpha value is -2.69. The Bertz CT molecular complexity index is 1100. The number of morpholine rings is 1. The van der Waals surface area contributed by atoms with Crippen LogP contribution in [0.15, 0.2) is 16.5 Å². The summed E-state index contributed by atoms with van der Waals surface area (Å²) >= 11 is 1.44. The molecule has 4 heterocycles. The molecule has 3 atom stereocenters.